The lowest BCUT2D eigenvalue weighted by Crippen LogP contribution is -2.23. The second kappa shape index (κ2) is 10.7. The number of rotatable bonds is 8. The van der Waals surface area contributed by atoms with E-state index in [1.807, 2.05) is 6.92 Å². The third-order valence-corrected chi connectivity index (χ3v) is 5.15. The van der Waals surface area contributed by atoms with Crippen molar-refractivity contribution in [3.8, 4) is 0 Å². The third kappa shape index (κ3) is 6.39. The molecule has 1 amide bonds. The van der Waals surface area contributed by atoms with E-state index in [9.17, 15) is 13.6 Å². The topological polar surface area (TPSA) is 104 Å². The summed E-state index contributed by atoms with van der Waals surface area (Å²) in [4.78, 5) is 25.0. The van der Waals surface area contributed by atoms with Crippen molar-refractivity contribution in [1.82, 2.24) is 15.0 Å². The molecule has 0 radical (unpaired) electrons. The summed E-state index contributed by atoms with van der Waals surface area (Å²) in [5.41, 5.74) is 1.69. The first kappa shape index (κ1) is 23.8. The molecule has 0 saturated carbocycles. The number of aryl methyl sites for hydroxylation is 1. The molecule has 35 heavy (non-hydrogen) atoms. The second-order valence-electron chi connectivity index (χ2n) is 7.38. The van der Waals surface area contributed by atoms with Crippen molar-refractivity contribution < 1.29 is 13.6 Å². The number of anilines is 6. The van der Waals surface area contributed by atoms with Gasteiger partial charge in [0.25, 0.3) is 0 Å². The van der Waals surface area contributed by atoms with Gasteiger partial charge in [-0.3, -0.25) is 4.79 Å². The molecule has 0 bridgehead atoms. The predicted octanol–water partition coefficient (Wildman–Crippen LogP) is 5.65. The van der Waals surface area contributed by atoms with Gasteiger partial charge >= 0.3 is 0 Å². The molecule has 0 fully saturated rings. The molecule has 0 spiro atoms. The van der Waals surface area contributed by atoms with Gasteiger partial charge in [-0.1, -0.05) is 41.9 Å². The number of hydrogen-bond donors (Lipinski definition) is 4. The Kier molecular flexibility index (Phi) is 7.32. The number of halogens is 3. The minimum Gasteiger partial charge on any atom is -0.345 e. The van der Waals surface area contributed by atoms with Crippen LogP contribution in [-0.4, -0.2) is 27.4 Å². The molecule has 0 aliphatic carbocycles. The van der Waals surface area contributed by atoms with E-state index in [-0.39, 0.29) is 41.7 Å². The van der Waals surface area contributed by atoms with Crippen LogP contribution < -0.4 is 21.3 Å². The lowest BCUT2D eigenvalue weighted by molar-refractivity contribution is -0.114. The number of para-hydroxylation sites is 2. The zero-order chi connectivity index (χ0) is 24.8. The van der Waals surface area contributed by atoms with Gasteiger partial charge in [-0.25, -0.2) is 8.78 Å². The smallest absolute Gasteiger partial charge is 0.243 e. The molecule has 0 unspecified atom stereocenters. The van der Waals surface area contributed by atoms with Crippen LogP contribution in [0.15, 0.2) is 66.7 Å². The molecular weight excluding hydrogens is 476 g/mol. The molecule has 3 aromatic carbocycles. The maximum Gasteiger partial charge on any atom is 0.243 e. The van der Waals surface area contributed by atoms with E-state index in [4.69, 9.17) is 11.6 Å². The number of carbonyl (C=O) groups excluding carboxylic acids is 1. The van der Waals surface area contributed by atoms with Gasteiger partial charge in [-0.15, -0.1) is 0 Å². The number of nitrogens with one attached hydrogen (secondary N) is 4. The Hall–Kier alpha value is -4.31. The van der Waals surface area contributed by atoms with Crippen LogP contribution in [0.25, 0.3) is 0 Å². The third-order valence-electron chi connectivity index (χ3n) is 4.74. The van der Waals surface area contributed by atoms with Gasteiger partial charge < -0.3 is 21.3 Å². The van der Waals surface area contributed by atoms with Gasteiger partial charge in [-0.05, 0) is 48.9 Å². The Morgan fingerprint density at radius 1 is 0.829 bits per heavy atom. The van der Waals surface area contributed by atoms with Crippen molar-refractivity contribution in [2.75, 3.05) is 27.8 Å². The predicted molar refractivity (Wildman–Crippen MR) is 133 cm³/mol. The highest BCUT2D eigenvalue weighted by Gasteiger charge is 2.12. The van der Waals surface area contributed by atoms with Crippen LogP contribution in [0.3, 0.4) is 0 Å². The minimum atomic E-state index is -0.512. The van der Waals surface area contributed by atoms with E-state index in [0.717, 1.165) is 5.56 Å². The van der Waals surface area contributed by atoms with E-state index in [1.54, 1.807) is 42.5 Å². The van der Waals surface area contributed by atoms with Crippen LogP contribution in [0, 0.1) is 18.6 Å². The summed E-state index contributed by atoms with van der Waals surface area (Å²) in [6.45, 7) is 1.67. The first-order valence-corrected chi connectivity index (χ1v) is 10.8. The summed E-state index contributed by atoms with van der Waals surface area (Å²) in [6, 6.07) is 17.1. The molecule has 0 saturated heterocycles. The lowest BCUT2D eigenvalue weighted by Gasteiger charge is -2.12. The highest BCUT2D eigenvalue weighted by atomic mass is 35.5. The van der Waals surface area contributed by atoms with Gasteiger partial charge in [0.15, 0.2) is 0 Å². The van der Waals surface area contributed by atoms with Crippen LogP contribution in [0.4, 0.5) is 43.7 Å². The van der Waals surface area contributed by atoms with Gasteiger partial charge in [0, 0.05) is 10.7 Å². The number of amides is 1. The zero-order valence-corrected chi connectivity index (χ0v) is 19.2. The summed E-state index contributed by atoms with van der Waals surface area (Å²) in [6.07, 6.45) is 0. The maximum absolute atomic E-state index is 14.1. The molecule has 4 N–H and O–H groups in total. The molecule has 11 heteroatoms. The van der Waals surface area contributed by atoms with Crippen molar-refractivity contribution in [2.24, 2.45) is 0 Å². The highest BCUT2D eigenvalue weighted by Crippen LogP contribution is 2.22. The van der Waals surface area contributed by atoms with Gasteiger partial charge in [-0.2, -0.15) is 15.0 Å². The van der Waals surface area contributed by atoms with Crippen LogP contribution >= 0.6 is 11.6 Å². The van der Waals surface area contributed by atoms with E-state index in [2.05, 4.69) is 36.2 Å². The fourth-order valence-electron chi connectivity index (χ4n) is 2.97. The number of benzene rings is 3. The maximum atomic E-state index is 14.1. The first-order valence-electron chi connectivity index (χ1n) is 10.5. The summed E-state index contributed by atoms with van der Waals surface area (Å²) >= 11 is 6.10. The largest absolute Gasteiger partial charge is 0.345 e. The Bertz CT molecular complexity index is 1300. The van der Waals surface area contributed by atoms with Crippen molar-refractivity contribution in [3.05, 3.63) is 89.0 Å². The summed E-state index contributed by atoms with van der Waals surface area (Å²) in [5.74, 6) is -1.43. The van der Waals surface area contributed by atoms with Crippen LogP contribution in [0.2, 0.25) is 5.02 Å². The summed E-state index contributed by atoms with van der Waals surface area (Å²) < 4.78 is 28.2. The number of nitrogens with zero attached hydrogens (tertiary/aromatic N) is 3. The lowest BCUT2D eigenvalue weighted by atomic mass is 10.2. The zero-order valence-electron chi connectivity index (χ0n) is 18.4. The van der Waals surface area contributed by atoms with Gasteiger partial charge in [0.05, 0.1) is 17.9 Å². The highest BCUT2D eigenvalue weighted by molar-refractivity contribution is 6.31. The molecule has 1 heterocycles. The van der Waals surface area contributed by atoms with Crippen molar-refractivity contribution >= 4 is 52.4 Å². The first-order chi connectivity index (χ1) is 16.9. The SMILES string of the molecule is Cc1ccc(NC(=O)CNc2nc(Nc3ccccc3F)nc(Nc3ccccc3F)n2)cc1Cl. The molecule has 0 aliphatic heterocycles. The van der Waals surface area contributed by atoms with Crippen molar-refractivity contribution in [2.45, 2.75) is 6.92 Å². The van der Waals surface area contributed by atoms with Crippen molar-refractivity contribution in [3.63, 3.8) is 0 Å². The average Bonchev–Trinajstić information content (AvgIpc) is 2.83. The van der Waals surface area contributed by atoms with E-state index < -0.39 is 11.6 Å². The van der Waals surface area contributed by atoms with Gasteiger partial charge in [0.2, 0.25) is 23.8 Å². The van der Waals surface area contributed by atoms with E-state index in [0.29, 0.717) is 10.7 Å². The van der Waals surface area contributed by atoms with Crippen molar-refractivity contribution in [1.29, 1.82) is 0 Å². The Morgan fingerprint density at radius 3 is 1.91 bits per heavy atom. The summed E-state index contributed by atoms with van der Waals surface area (Å²) in [7, 11) is 0. The molecule has 4 rings (SSSR count). The average molecular weight is 496 g/mol. The van der Waals surface area contributed by atoms with Crippen LogP contribution in [-0.2, 0) is 4.79 Å². The molecule has 1 aromatic heterocycles. The number of carbonyl (C=O) groups is 1. The molecule has 8 nitrogen and oxygen atoms in total. The minimum absolute atomic E-state index is 0.00904. The molecule has 0 aliphatic rings. The second-order valence-corrected chi connectivity index (χ2v) is 7.79. The Labute approximate surface area is 204 Å². The fraction of sp³-hybridized carbons (Fsp3) is 0.0833. The normalized spacial score (nSPS) is 10.5. The van der Waals surface area contributed by atoms with E-state index >= 15 is 0 Å². The monoisotopic (exact) mass is 495 g/mol. The van der Waals surface area contributed by atoms with Gasteiger partial charge in [0.1, 0.15) is 11.6 Å². The van der Waals surface area contributed by atoms with Crippen LogP contribution in [0.1, 0.15) is 5.56 Å². The number of aromatic nitrogens is 3. The standard InChI is InChI=1S/C24H20ClF2N7O/c1-14-10-11-15(12-16(14)25)29-21(35)13-28-22-32-23(30-19-8-4-2-6-17(19)26)34-24(33-22)31-20-9-5-3-7-18(20)27/h2-12H,13H2,1H3,(H,29,35)(H3,28,30,31,32,33,34). The number of hydrogen-bond acceptors (Lipinski definition) is 7. The fourth-order valence-corrected chi connectivity index (χ4v) is 3.15. The molecule has 4 aromatic rings. The molecule has 178 valence electrons. The summed E-state index contributed by atoms with van der Waals surface area (Å²) in [5, 5.41) is 11.6. The van der Waals surface area contributed by atoms with E-state index in [1.165, 1.54) is 24.3 Å². The molecular formula is C24H20ClF2N7O. The quantitative estimate of drug-likeness (QED) is 0.250. The van der Waals surface area contributed by atoms with Crippen LogP contribution in [0.5, 0.6) is 0 Å². The Morgan fingerprint density at radius 2 is 1.37 bits per heavy atom. The Balaban J connectivity index is 1.53. The molecule has 0 atom stereocenters.